The molecule has 0 radical (unpaired) electrons. The van der Waals surface area contributed by atoms with E-state index in [9.17, 15) is 5.11 Å². The molecule has 1 heteroatoms. The van der Waals surface area contributed by atoms with E-state index in [1.54, 1.807) is 0 Å². The molecule has 19 heavy (non-hydrogen) atoms. The van der Waals surface area contributed by atoms with Gasteiger partial charge in [0.15, 0.2) is 0 Å². The van der Waals surface area contributed by atoms with Gasteiger partial charge in [0.05, 0.1) is 0 Å². The van der Waals surface area contributed by atoms with Crippen LogP contribution in [-0.2, 0) is 0 Å². The topological polar surface area (TPSA) is 20.2 Å². The van der Waals surface area contributed by atoms with E-state index in [1.165, 1.54) is 0 Å². The van der Waals surface area contributed by atoms with Crippen LogP contribution in [0.5, 0.6) is 5.75 Å². The predicted molar refractivity (Wildman–Crippen MR) is 83.6 cm³/mol. The van der Waals surface area contributed by atoms with E-state index in [4.69, 9.17) is 0 Å². The molecule has 0 spiro atoms. The lowest BCUT2D eigenvalue weighted by atomic mass is 9.65. The van der Waals surface area contributed by atoms with Crippen LogP contribution in [0.25, 0.3) is 0 Å². The number of phenolic OH excluding ortho intramolecular Hbond substituents is 1. The largest absolute Gasteiger partial charge is 0.508 e. The van der Waals surface area contributed by atoms with Gasteiger partial charge in [-0.2, -0.15) is 0 Å². The molecular formula is C18H30O. The third-order valence-corrected chi connectivity index (χ3v) is 3.82. The maximum absolute atomic E-state index is 10.2. The third kappa shape index (κ3) is 4.56. The van der Waals surface area contributed by atoms with Gasteiger partial charge in [0.1, 0.15) is 5.75 Å². The van der Waals surface area contributed by atoms with Crippen LogP contribution in [0.1, 0.15) is 72.3 Å². The lowest BCUT2D eigenvalue weighted by molar-refractivity contribution is 0.164. The zero-order valence-electron chi connectivity index (χ0n) is 13.5. The average molecular weight is 262 g/mol. The normalized spacial score (nSPS) is 14.4. The molecule has 1 nitrogen and oxygen atoms in total. The summed E-state index contributed by atoms with van der Waals surface area (Å²) in [6, 6.07) is 7.83. The standard InChI is InChI=1S/C18H30O/c1-7-10-15(14-11-8-9-12-16(14)19)18(5,6)13-17(2,3)4/h8-9,11-12,15,19H,7,10,13H2,1-6H3. The van der Waals surface area contributed by atoms with Crippen molar-refractivity contribution in [2.75, 3.05) is 0 Å². The van der Waals surface area contributed by atoms with E-state index >= 15 is 0 Å². The number of benzene rings is 1. The maximum Gasteiger partial charge on any atom is 0.119 e. The number of rotatable bonds is 5. The molecule has 1 N–H and O–H groups in total. The summed E-state index contributed by atoms with van der Waals surface area (Å²) in [4.78, 5) is 0. The zero-order valence-corrected chi connectivity index (χ0v) is 13.5. The van der Waals surface area contributed by atoms with E-state index < -0.39 is 0 Å². The van der Waals surface area contributed by atoms with Gasteiger partial charge in [-0.1, -0.05) is 66.2 Å². The van der Waals surface area contributed by atoms with E-state index in [-0.39, 0.29) is 5.41 Å². The Bertz CT molecular complexity index is 398. The fourth-order valence-electron chi connectivity index (χ4n) is 3.53. The van der Waals surface area contributed by atoms with Crippen molar-refractivity contribution in [1.82, 2.24) is 0 Å². The van der Waals surface area contributed by atoms with Gasteiger partial charge in [0.2, 0.25) is 0 Å². The van der Waals surface area contributed by atoms with Gasteiger partial charge in [-0.25, -0.2) is 0 Å². The lowest BCUT2D eigenvalue weighted by Gasteiger charge is -2.40. The van der Waals surface area contributed by atoms with E-state index in [0.717, 1.165) is 24.8 Å². The van der Waals surface area contributed by atoms with Crippen molar-refractivity contribution in [3.63, 3.8) is 0 Å². The van der Waals surface area contributed by atoms with Crippen molar-refractivity contribution < 1.29 is 5.11 Å². The third-order valence-electron chi connectivity index (χ3n) is 3.82. The molecule has 0 aromatic heterocycles. The first-order valence-corrected chi connectivity index (χ1v) is 7.45. The Balaban J connectivity index is 3.10. The van der Waals surface area contributed by atoms with Crippen molar-refractivity contribution in [2.45, 2.75) is 66.7 Å². The summed E-state index contributed by atoms with van der Waals surface area (Å²) in [7, 11) is 0. The van der Waals surface area contributed by atoms with Crippen molar-refractivity contribution >= 4 is 0 Å². The number of para-hydroxylation sites is 1. The Kier molecular flexibility index (Phi) is 5.06. The first-order valence-electron chi connectivity index (χ1n) is 7.45. The molecular weight excluding hydrogens is 232 g/mol. The van der Waals surface area contributed by atoms with E-state index in [2.05, 4.69) is 47.6 Å². The van der Waals surface area contributed by atoms with Crippen molar-refractivity contribution in [1.29, 1.82) is 0 Å². The predicted octanol–water partition coefficient (Wildman–Crippen LogP) is 5.74. The van der Waals surface area contributed by atoms with Gasteiger partial charge in [0.25, 0.3) is 0 Å². The molecule has 1 rings (SSSR count). The molecule has 1 unspecified atom stereocenters. The fraction of sp³-hybridized carbons (Fsp3) is 0.667. The summed E-state index contributed by atoms with van der Waals surface area (Å²) >= 11 is 0. The second-order valence-corrected chi connectivity index (χ2v) is 7.63. The van der Waals surface area contributed by atoms with Crippen LogP contribution in [0, 0.1) is 10.8 Å². The van der Waals surface area contributed by atoms with Crippen molar-refractivity contribution in [2.24, 2.45) is 10.8 Å². The molecule has 0 saturated carbocycles. The van der Waals surface area contributed by atoms with E-state index in [0.29, 0.717) is 17.1 Å². The van der Waals surface area contributed by atoms with Gasteiger partial charge < -0.3 is 5.11 Å². The molecule has 0 aliphatic rings. The molecule has 1 aromatic rings. The lowest BCUT2D eigenvalue weighted by Crippen LogP contribution is -2.28. The van der Waals surface area contributed by atoms with Gasteiger partial charge in [-0.3, -0.25) is 0 Å². The number of hydrogen-bond donors (Lipinski definition) is 1. The second kappa shape index (κ2) is 5.98. The second-order valence-electron chi connectivity index (χ2n) is 7.63. The smallest absolute Gasteiger partial charge is 0.119 e. The fourth-order valence-corrected chi connectivity index (χ4v) is 3.53. The molecule has 0 aliphatic heterocycles. The van der Waals surface area contributed by atoms with Crippen LogP contribution in [0.3, 0.4) is 0 Å². The minimum atomic E-state index is 0.188. The van der Waals surface area contributed by atoms with Gasteiger partial charge in [0, 0.05) is 0 Å². The molecule has 0 bridgehead atoms. The Morgan fingerprint density at radius 2 is 1.63 bits per heavy atom. The van der Waals surface area contributed by atoms with Gasteiger partial charge in [-0.05, 0) is 41.2 Å². The molecule has 1 atom stereocenters. The highest BCUT2D eigenvalue weighted by Gasteiger charge is 2.34. The molecule has 0 amide bonds. The quantitative estimate of drug-likeness (QED) is 0.717. The minimum Gasteiger partial charge on any atom is -0.508 e. The van der Waals surface area contributed by atoms with E-state index in [1.807, 2.05) is 18.2 Å². The van der Waals surface area contributed by atoms with Crippen molar-refractivity contribution in [3.8, 4) is 5.75 Å². The Labute approximate surface area is 119 Å². The molecule has 0 saturated heterocycles. The summed E-state index contributed by atoms with van der Waals surface area (Å²) in [6.07, 6.45) is 3.42. The van der Waals surface area contributed by atoms with Crippen LogP contribution >= 0.6 is 0 Å². The van der Waals surface area contributed by atoms with Crippen LogP contribution in [0.15, 0.2) is 24.3 Å². The monoisotopic (exact) mass is 262 g/mol. The number of aromatic hydroxyl groups is 1. The highest BCUT2D eigenvalue weighted by molar-refractivity contribution is 5.36. The Morgan fingerprint density at radius 3 is 2.11 bits per heavy atom. The molecule has 1 aromatic carbocycles. The summed E-state index contributed by atoms with van der Waals surface area (Å²) in [5.41, 5.74) is 1.60. The molecule has 0 fully saturated rings. The van der Waals surface area contributed by atoms with Crippen LogP contribution in [-0.4, -0.2) is 5.11 Å². The highest BCUT2D eigenvalue weighted by Crippen LogP contribution is 2.48. The molecule has 0 heterocycles. The van der Waals surface area contributed by atoms with Gasteiger partial charge in [-0.15, -0.1) is 0 Å². The maximum atomic E-state index is 10.2. The molecule has 0 aliphatic carbocycles. The molecule has 108 valence electrons. The highest BCUT2D eigenvalue weighted by atomic mass is 16.3. The van der Waals surface area contributed by atoms with Crippen LogP contribution < -0.4 is 0 Å². The zero-order chi connectivity index (χ0) is 14.7. The average Bonchev–Trinajstić information content (AvgIpc) is 2.23. The first-order chi connectivity index (χ1) is 8.67. The van der Waals surface area contributed by atoms with Crippen LogP contribution in [0.2, 0.25) is 0 Å². The minimum absolute atomic E-state index is 0.188. The summed E-state index contributed by atoms with van der Waals surface area (Å²) in [5, 5.41) is 10.2. The Hall–Kier alpha value is -0.980. The van der Waals surface area contributed by atoms with Crippen LogP contribution in [0.4, 0.5) is 0 Å². The number of phenols is 1. The summed E-state index contributed by atoms with van der Waals surface area (Å²) in [5.74, 6) is 0.862. The summed E-state index contributed by atoms with van der Waals surface area (Å²) in [6.45, 7) is 13.8. The SMILES string of the molecule is CCCC(c1ccccc1O)C(C)(C)CC(C)(C)C. The first kappa shape index (κ1) is 16.1. The van der Waals surface area contributed by atoms with Crippen molar-refractivity contribution in [3.05, 3.63) is 29.8 Å². The van der Waals surface area contributed by atoms with Gasteiger partial charge >= 0.3 is 0 Å². The Morgan fingerprint density at radius 1 is 1.05 bits per heavy atom. The summed E-state index contributed by atoms with van der Waals surface area (Å²) < 4.78 is 0. The number of hydrogen-bond acceptors (Lipinski definition) is 1.